The van der Waals surface area contributed by atoms with Gasteiger partial charge in [-0.3, -0.25) is 4.79 Å². The molecule has 0 bridgehead atoms. The molecule has 0 atom stereocenters. The van der Waals surface area contributed by atoms with Crippen molar-refractivity contribution in [3.05, 3.63) is 24.0 Å². The second-order valence-electron chi connectivity index (χ2n) is 4.05. The van der Waals surface area contributed by atoms with Gasteiger partial charge in [-0.1, -0.05) is 13.8 Å². The van der Waals surface area contributed by atoms with Gasteiger partial charge in [0.2, 0.25) is 0 Å². The van der Waals surface area contributed by atoms with Crippen LogP contribution in [0.15, 0.2) is 18.3 Å². The highest BCUT2D eigenvalue weighted by molar-refractivity contribution is 5.96. The van der Waals surface area contributed by atoms with Crippen molar-refractivity contribution in [3.8, 4) is 0 Å². The van der Waals surface area contributed by atoms with Crippen LogP contribution in [0.4, 0.5) is 0 Å². The van der Waals surface area contributed by atoms with E-state index in [1.165, 1.54) is 0 Å². The molecule has 0 aliphatic rings. The Morgan fingerprint density at radius 3 is 2.35 bits per heavy atom. The molecule has 0 spiro atoms. The van der Waals surface area contributed by atoms with Crippen LogP contribution in [-0.4, -0.2) is 27.1 Å². The maximum absolute atomic E-state index is 12.0. The third kappa shape index (κ3) is 2.49. The van der Waals surface area contributed by atoms with Gasteiger partial charge < -0.3 is 15.0 Å². The highest BCUT2D eigenvalue weighted by atomic mass is 16.4. The maximum Gasteiger partial charge on any atom is 0.329 e. The van der Waals surface area contributed by atoms with Crippen LogP contribution in [0.1, 0.15) is 37.2 Å². The van der Waals surface area contributed by atoms with Gasteiger partial charge in [0.05, 0.1) is 0 Å². The lowest BCUT2D eigenvalue weighted by Crippen LogP contribution is -2.54. The van der Waals surface area contributed by atoms with Gasteiger partial charge in [0.1, 0.15) is 11.2 Å². The number of carbonyl (C=O) groups is 2. The van der Waals surface area contributed by atoms with Crippen molar-refractivity contribution < 1.29 is 14.7 Å². The molecule has 0 aliphatic carbocycles. The van der Waals surface area contributed by atoms with Crippen LogP contribution in [0.25, 0.3) is 0 Å². The number of nitrogens with zero attached hydrogens (tertiary/aromatic N) is 1. The van der Waals surface area contributed by atoms with E-state index >= 15 is 0 Å². The van der Waals surface area contributed by atoms with Crippen LogP contribution < -0.4 is 5.32 Å². The van der Waals surface area contributed by atoms with Crippen LogP contribution in [0.3, 0.4) is 0 Å². The molecule has 1 aromatic heterocycles. The van der Waals surface area contributed by atoms with Crippen molar-refractivity contribution in [1.82, 2.24) is 9.88 Å². The van der Waals surface area contributed by atoms with Gasteiger partial charge in [-0.25, -0.2) is 4.79 Å². The van der Waals surface area contributed by atoms with E-state index in [4.69, 9.17) is 0 Å². The molecule has 0 aromatic carbocycles. The van der Waals surface area contributed by atoms with Gasteiger partial charge in [-0.05, 0) is 25.0 Å². The van der Waals surface area contributed by atoms with Crippen LogP contribution in [0, 0.1) is 0 Å². The molecule has 1 aromatic rings. The maximum atomic E-state index is 12.0. The molecule has 5 nitrogen and oxygen atoms in total. The Morgan fingerprint density at radius 1 is 1.41 bits per heavy atom. The van der Waals surface area contributed by atoms with Crippen LogP contribution in [0.5, 0.6) is 0 Å². The number of nitrogens with one attached hydrogen (secondary N) is 1. The molecule has 1 rings (SSSR count). The zero-order valence-corrected chi connectivity index (χ0v) is 10.4. The van der Waals surface area contributed by atoms with Gasteiger partial charge >= 0.3 is 5.97 Å². The van der Waals surface area contributed by atoms with E-state index in [0.717, 1.165) is 0 Å². The smallest absolute Gasteiger partial charge is 0.329 e. The van der Waals surface area contributed by atoms with E-state index < -0.39 is 11.5 Å². The summed E-state index contributed by atoms with van der Waals surface area (Å²) in [6, 6.07) is 3.41. The summed E-state index contributed by atoms with van der Waals surface area (Å²) in [5.41, 5.74) is -0.723. The van der Waals surface area contributed by atoms with Gasteiger partial charge in [0, 0.05) is 13.2 Å². The molecule has 0 saturated carbocycles. The first kappa shape index (κ1) is 13.3. The summed E-state index contributed by atoms with van der Waals surface area (Å²) < 4.78 is 1.66. The number of carboxylic acids is 1. The zero-order chi connectivity index (χ0) is 13.1. The van der Waals surface area contributed by atoms with Crippen molar-refractivity contribution in [1.29, 1.82) is 0 Å². The number of amides is 1. The average molecular weight is 238 g/mol. The molecular weight excluding hydrogens is 220 g/mol. The first-order valence-electron chi connectivity index (χ1n) is 5.64. The van der Waals surface area contributed by atoms with Crippen molar-refractivity contribution in [2.75, 3.05) is 0 Å². The molecule has 0 fully saturated rings. The summed E-state index contributed by atoms with van der Waals surface area (Å²) >= 11 is 0. The Kier molecular flexibility index (Phi) is 3.93. The molecular formula is C12H18N2O3. The fourth-order valence-corrected chi connectivity index (χ4v) is 1.76. The Labute approximate surface area is 100 Å². The minimum Gasteiger partial charge on any atom is -0.480 e. The number of carboxylic acid groups (broad SMARTS) is 1. The fraction of sp³-hybridized carbons (Fsp3) is 0.500. The van der Waals surface area contributed by atoms with E-state index in [0.29, 0.717) is 18.5 Å². The normalized spacial score (nSPS) is 11.2. The lowest BCUT2D eigenvalue weighted by atomic mass is 9.93. The second kappa shape index (κ2) is 5.03. The van der Waals surface area contributed by atoms with E-state index in [1.54, 1.807) is 43.8 Å². The summed E-state index contributed by atoms with van der Waals surface area (Å²) in [7, 11) is 1.75. The summed E-state index contributed by atoms with van der Waals surface area (Å²) in [6.45, 7) is 3.51. The second-order valence-corrected chi connectivity index (χ2v) is 4.05. The summed E-state index contributed by atoms with van der Waals surface area (Å²) in [5.74, 6) is -1.35. The topological polar surface area (TPSA) is 71.3 Å². The predicted molar refractivity (Wildman–Crippen MR) is 63.8 cm³/mol. The van der Waals surface area contributed by atoms with E-state index in [1.807, 2.05) is 0 Å². The number of hydrogen-bond acceptors (Lipinski definition) is 2. The molecule has 1 amide bonds. The molecule has 0 radical (unpaired) electrons. The van der Waals surface area contributed by atoms with E-state index in [9.17, 15) is 14.7 Å². The summed E-state index contributed by atoms with van der Waals surface area (Å²) in [5, 5.41) is 11.8. The number of hydrogen-bond donors (Lipinski definition) is 2. The van der Waals surface area contributed by atoms with Crippen molar-refractivity contribution in [2.24, 2.45) is 7.05 Å². The number of aromatic nitrogens is 1. The van der Waals surface area contributed by atoms with E-state index in [-0.39, 0.29) is 5.91 Å². The quantitative estimate of drug-likeness (QED) is 0.814. The molecule has 17 heavy (non-hydrogen) atoms. The van der Waals surface area contributed by atoms with Gasteiger partial charge in [-0.15, -0.1) is 0 Å². The molecule has 1 heterocycles. The van der Waals surface area contributed by atoms with Crippen LogP contribution in [0.2, 0.25) is 0 Å². The average Bonchev–Trinajstić information content (AvgIpc) is 2.72. The SMILES string of the molecule is CCC(CC)(NC(=O)c1cccn1C)C(=O)O. The molecule has 0 aliphatic heterocycles. The molecule has 0 saturated heterocycles. The third-order valence-corrected chi connectivity index (χ3v) is 3.15. The molecule has 0 unspecified atom stereocenters. The van der Waals surface area contributed by atoms with E-state index in [2.05, 4.69) is 5.32 Å². The Balaban J connectivity index is 2.93. The molecule has 94 valence electrons. The first-order valence-corrected chi connectivity index (χ1v) is 5.64. The minimum absolute atomic E-state index is 0.356. The summed E-state index contributed by atoms with van der Waals surface area (Å²) in [4.78, 5) is 23.2. The molecule has 5 heteroatoms. The molecule has 2 N–H and O–H groups in total. The van der Waals surface area contributed by atoms with Crippen molar-refractivity contribution in [2.45, 2.75) is 32.2 Å². The number of carbonyl (C=O) groups excluding carboxylic acids is 1. The number of rotatable bonds is 5. The van der Waals surface area contributed by atoms with Gasteiger partial charge in [-0.2, -0.15) is 0 Å². The Hall–Kier alpha value is -1.78. The highest BCUT2D eigenvalue weighted by Crippen LogP contribution is 2.16. The zero-order valence-electron chi connectivity index (χ0n) is 10.4. The summed E-state index contributed by atoms with van der Waals surface area (Å²) in [6.07, 6.45) is 2.46. The van der Waals surface area contributed by atoms with Crippen molar-refractivity contribution >= 4 is 11.9 Å². The van der Waals surface area contributed by atoms with Crippen LogP contribution >= 0.6 is 0 Å². The standard InChI is InChI=1S/C12H18N2O3/c1-4-12(5-2,11(16)17)13-10(15)9-7-6-8-14(9)3/h6-8H,4-5H2,1-3H3,(H,13,15)(H,16,17). The highest BCUT2D eigenvalue weighted by Gasteiger charge is 2.36. The van der Waals surface area contributed by atoms with Crippen molar-refractivity contribution in [3.63, 3.8) is 0 Å². The van der Waals surface area contributed by atoms with Crippen LogP contribution in [-0.2, 0) is 11.8 Å². The minimum atomic E-state index is -1.18. The lowest BCUT2D eigenvalue weighted by Gasteiger charge is -2.28. The lowest BCUT2D eigenvalue weighted by molar-refractivity contribution is -0.144. The van der Waals surface area contributed by atoms with Gasteiger partial charge in [0.25, 0.3) is 5.91 Å². The first-order chi connectivity index (χ1) is 7.96. The van der Waals surface area contributed by atoms with Gasteiger partial charge in [0.15, 0.2) is 0 Å². The third-order valence-electron chi connectivity index (χ3n) is 3.15. The Bertz CT molecular complexity index is 419. The Morgan fingerprint density at radius 2 is 2.00 bits per heavy atom. The number of aryl methyl sites for hydroxylation is 1. The number of aliphatic carboxylic acids is 1. The fourth-order valence-electron chi connectivity index (χ4n) is 1.76. The predicted octanol–water partition coefficient (Wildman–Crippen LogP) is 1.40. The largest absolute Gasteiger partial charge is 0.480 e. The monoisotopic (exact) mass is 238 g/mol.